The molecule has 0 saturated carbocycles. The lowest BCUT2D eigenvalue weighted by atomic mass is 10.2. The summed E-state index contributed by atoms with van der Waals surface area (Å²) in [7, 11) is -7.64. The van der Waals surface area contributed by atoms with Gasteiger partial charge in [0.15, 0.2) is 0 Å². The van der Waals surface area contributed by atoms with Crippen LogP contribution in [0.4, 0.5) is 0 Å². The van der Waals surface area contributed by atoms with E-state index in [2.05, 4.69) is 0 Å². The normalized spacial score (nSPS) is 20.7. The van der Waals surface area contributed by atoms with E-state index >= 15 is 0 Å². The molecule has 0 aliphatic carbocycles. The van der Waals surface area contributed by atoms with Crippen molar-refractivity contribution in [1.29, 1.82) is 0 Å². The van der Waals surface area contributed by atoms with E-state index in [1.165, 1.54) is 12.1 Å². The second-order valence-electron chi connectivity index (χ2n) is 4.34. The molecule has 0 unspecified atom stereocenters. The van der Waals surface area contributed by atoms with Crippen LogP contribution in [0, 0.1) is 6.92 Å². The molecule has 1 aliphatic rings. The first-order valence-corrected chi connectivity index (χ1v) is 8.71. The molecule has 0 radical (unpaired) electrons. The molecule has 100 valence electrons. The van der Waals surface area contributed by atoms with Gasteiger partial charge in [0.05, 0.1) is 10.6 Å². The van der Waals surface area contributed by atoms with Crippen molar-refractivity contribution in [2.24, 2.45) is 0 Å². The molecule has 0 atom stereocenters. The van der Waals surface area contributed by atoms with Crippen LogP contribution in [0.15, 0.2) is 29.2 Å². The van der Waals surface area contributed by atoms with Crippen molar-refractivity contribution in [1.82, 2.24) is 3.71 Å². The SMILES string of the molecule is Cc1ccc(S(=O)(=O)N2CCCCS2(=O)=O)cc1. The minimum atomic E-state index is -3.94. The summed E-state index contributed by atoms with van der Waals surface area (Å²) in [5, 5.41) is 0. The van der Waals surface area contributed by atoms with Gasteiger partial charge in [-0.05, 0) is 31.9 Å². The van der Waals surface area contributed by atoms with E-state index in [1.807, 2.05) is 6.92 Å². The van der Waals surface area contributed by atoms with E-state index in [9.17, 15) is 16.8 Å². The van der Waals surface area contributed by atoms with Gasteiger partial charge in [-0.25, -0.2) is 16.8 Å². The van der Waals surface area contributed by atoms with Gasteiger partial charge in [-0.3, -0.25) is 0 Å². The van der Waals surface area contributed by atoms with Crippen LogP contribution < -0.4 is 0 Å². The summed E-state index contributed by atoms with van der Waals surface area (Å²) in [4.78, 5) is 0.0265. The predicted molar refractivity (Wildman–Crippen MR) is 68.1 cm³/mol. The van der Waals surface area contributed by atoms with Gasteiger partial charge in [0, 0.05) is 6.54 Å². The zero-order valence-corrected chi connectivity index (χ0v) is 11.7. The Labute approximate surface area is 108 Å². The molecule has 0 amide bonds. The topological polar surface area (TPSA) is 71.5 Å². The lowest BCUT2D eigenvalue weighted by molar-refractivity contribution is 0.470. The quantitative estimate of drug-likeness (QED) is 0.817. The summed E-state index contributed by atoms with van der Waals surface area (Å²) >= 11 is 0. The van der Waals surface area contributed by atoms with Gasteiger partial charge in [-0.1, -0.05) is 21.4 Å². The van der Waals surface area contributed by atoms with Crippen LogP contribution in [0.3, 0.4) is 0 Å². The van der Waals surface area contributed by atoms with Crippen LogP contribution in [0.2, 0.25) is 0 Å². The number of sulfonamides is 2. The summed E-state index contributed by atoms with van der Waals surface area (Å²) in [5.41, 5.74) is 0.926. The van der Waals surface area contributed by atoms with Gasteiger partial charge >= 0.3 is 0 Å². The lowest BCUT2D eigenvalue weighted by Crippen LogP contribution is -2.42. The highest BCUT2D eigenvalue weighted by molar-refractivity contribution is 8.04. The van der Waals surface area contributed by atoms with Crippen LogP contribution in [-0.4, -0.2) is 32.8 Å². The van der Waals surface area contributed by atoms with Gasteiger partial charge in [0.1, 0.15) is 0 Å². The van der Waals surface area contributed by atoms with E-state index in [0.717, 1.165) is 5.56 Å². The largest absolute Gasteiger partial charge is 0.256 e. The number of benzene rings is 1. The first kappa shape index (κ1) is 13.5. The van der Waals surface area contributed by atoms with Gasteiger partial charge in [0.25, 0.3) is 10.0 Å². The molecule has 1 heterocycles. The Kier molecular flexibility index (Phi) is 3.48. The van der Waals surface area contributed by atoms with E-state index in [0.29, 0.717) is 16.6 Å². The third-order valence-corrected chi connectivity index (χ3v) is 7.35. The van der Waals surface area contributed by atoms with Crippen molar-refractivity contribution in [3.8, 4) is 0 Å². The molecule has 2 rings (SSSR count). The number of hydrogen-bond donors (Lipinski definition) is 0. The van der Waals surface area contributed by atoms with Gasteiger partial charge in [0.2, 0.25) is 10.0 Å². The maximum Gasteiger partial charge on any atom is 0.256 e. The van der Waals surface area contributed by atoms with E-state index in [4.69, 9.17) is 0 Å². The van der Waals surface area contributed by atoms with Crippen LogP contribution in [0.5, 0.6) is 0 Å². The van der Waals surface area contributed by atoms with Crippen LogP contribution >= 0.6 is 0 Å². The Balaban J connectivity index is 2.45. The van der Waals surface area contributed by atoms with Gasteiger partial charge in [-0.15, -0.1) is 0 Å². The molecule has 0 N–H and O–H groups in total. The second-order valence-corrected chi connectivity index (χ2v) is 8.44. The molecule has 1 aromatic rings. The number of nitrogens with zero attached hydrogens (tertiary/aromatic N) is 1. The Morgan fingerprint density at radius 3 is 2.28 bits per heavy atom. The summed E-state index contributed by atoms with van der Waals surface area (Å²) in [6, 6.07) is 6.19. The van der Waals surface area contributed by atoms with Crippen molar-refractivity contribution < 1.29 is 16.8 Å². The van der Waals surface area contributed by atoms with Crippen molar-refractivity contribution in [3.63, 3.8) is 0 Å². The van der Waals surface area contributed by atoms with Crippen molar-refractivity contribution in [3.05, 3.63) is 29.8 Å². The third kappa shape index (κ3) is 2.43. The average molecular weight is 289 g/mol. The summed E-state index contributed by atoms with van der Waals surface area (Å²) in [6.07, 6.45) is 1.09. The van der Waals surface area contributed by atoms with Crippen LogP contribution in [-0.2, 0) is 20.0 Å². The molecule has 1 aromatic carbocycles. The second kappa shape index (κ2) is 4.64. The fourth-order valence-corrected chi connectivity index (χ4v) is 5.81. The smallest absolute Gasteiger partial charge is 0.211 e. The molecule has 0 spiro atoms. The molecular formula is C11H15NO4S2. The molecule has 0 bridgehead atoms. The van der Waals surface area contributed by atoms with Gasteiger partial charge < -0.3 is 0 Å². The summed E-state index contributed by atoms with van der Waals surface area (Å²) < 4.78 is 48.8. The van der Waals surface area contributed by atoms with Gasteiger partial charge in [-0.2, -0.15) is 0 Å². The molecule has 5 nitrogen and oxygen atoms in total. The molecule has 1 aliphatic heterocycles. The Bertz CT molecular complexity index is 632. The number of hydrogen-bond acceptors (Lipinski definition) is 4. The first-order valence-electron chi connectivity index (χ1n) is 5.66. The highest BCUT2D eigenvalue weighted by Gasteiger charge is 2.36. The van der Waals surface area contributed by atoms with Crippen molar-refractivity contribution in [2.45, 2.75) is 24.7 Å². The fraction of sp³-hybridized carbons (Fsp3) is 0.455. The van der Waals surface area contributed by atoms with Crippen molar-refractivity contribution >= 4 is 20.0 Å². The molecule has 0 aromatic heterocycles. The summed E-state index contributed by atoms with van der Waals surface area (Å²) in [6.45, 7) is 1.88. The molecule has 1 fully saturated rings. The third-order valence-electron chi connectivity index (χ3n) is 2.89. The Morgan fingerprint density at radius 1 is 1.11 bits per heavy atom. The standard InChI is InChI=1S/C11H15NO4S2/c1-10-4-6-11(7-5-10)18(15,16)12-8-2-3-9-17(12,13)14/h4-7H,2-3,8-9H2,1H3. The minimum Gasteiger partial charge on any atom is -0.211 e. The van der Waals surface area contributed by atoms with Crippen LogP contribution in [0.25, 0.3) is 0 Å². The average Bonchev–Trinajstić information content (AvgIpc) is 2.28. The number of aryl methyl sites for hydroxylation is 1. The van der Waals surface area contributed by atoms with Crippen molar-refractivity contribution in [2.75, 3.05) is 12.3 Å². The van der Waals surface area contributed by atoms with E-state index in [-0.39, 0.29) is 17.2 Å². The summed E-state index contributed by atoms with van der Waals surface area (Å²) in [5.74, 6) is -0.0991. The lowest BCUT2D eigenvalue weighted by Gasteiger charge is -2.25. The monoisotopic (exact) mass is 289 g/mol. The molecule has 7 heteroatoms. The van der Waals surface area contributed by atoms with E-state index < -0.39 is 20.0 Å². The maximum absolute atomic E-state index is 12.3. The maximum atomic E-state index is 12.3. The zero-order valence-electron chi connectivity index (χ0n) is 10.0. The Hall–Kier alpha value is -0.920. The zero-order chi connectivity index (χ0) is 13.4. The highest BCUT2D eigenvalue weighted by atomic mass is 32.3. The molecular weight excluding hydrogens is 274 g/mol. The first-order chi connectivity index (χ1) is 8.34. The predicted octanol–water partition coefficient (Wildman–Crippen LogP) is 1.11. The molecule has 18 heavy (non-hydrogen) atoms. The van der Waals surface area contributed by atoms with Crippen LogP contribution in [0.1, 0.15) is 18.4 Å². The van der Waals surface area contributed by atoms with E-state index in [1.54, 1.807) is 12.1 Å². The highest BCUT2D eigenvalue weighted by Crippen LogP contribution is 2.23. The minimum absolute atomic E-state index is 0.0265. The Morgan fingerprint density at radius 2 is 1.72 bits per heavy atom. The molecule has 1 saturated heterocycles. The number of rotatable bonds is 2. The fourth-order valence-electron chi connectivity index (χ4n) is 1.86.